The van der Waals surface area contributed by atoms with Gasteiger partial charge in [0.2, 0.25) is 0 Å². The molecule has 0 aliphatic rings. The second-order valence-electron chi connectivity index (χ2n) is 5.78. The summed E-state index contributed by atoms with van der Waals surface area (Å²) in [6.45, 7) is 0. The van der Waals surface area contributed by atoms with Crippen molar-refractivity contribution in [1.29, 1.82) is 0 Å². The van der Waals surface area contributed by atoms with Crippen molar-refractivity contribution in [1.82, 2.24) is 5.32 Å². The first-order valence-electron chi connectivity index (χ1n) is 8.01. The van der Waals surface area contributed by atoms with Crippen molar-refractivity contribution in [3.63, 3.8) is 0 Å². The largest absolute Gasteiger partial charge is 0.479 e. The molecule has 1 atom stereocenters. The molecule has 4 nitrogen and oxygen atoms in total. The SMILES string of the molecule is O=C(NC(C(=O)O)c1ccccc1CCCC(F)(F)F)c1ccccc1. The van der Waals surface area contributed by atoms with Crippen molar-refractivity contribution in [2.75, 3.05) is 0 Å². The van der Waals surface area contributed by atoms with E-state index in [9.17, 15) is 27.9 Å². The first kappa shape index (κ1) is 19.5. The molecule has 138 valence electrons. The van der Waals surface area contributed by atoms with E-state index in [1.165, 1.54) is 6.07 Å². The van der Waals surface area contributed by atoms with E-state index in [1.54, 1.807) is 48.5 Å². The number of amides is 1. The van der Waals surface area contributed by atoms with E-state index >= 15 is 0 Å². The van der Waals surface area contributed by atoms with Crippen LogP contribution in [0.5, 0.6) is 0 Å². The van der Waals surface area contributed by atoms with Gasteiger partial charge in [-0.05, 0) is 36.1 Å². The van der Waals surface area contributed by atoms with E-state index in [4.69, 9.17) is 0 Å². The molecule has 0 aliphatic carbocycles. The van der Waals surface area contributed by atoms with Crippen LogP contribution in [0.25, 0.3) is 0 Å². The first-order valence-corrected chi connectivity index (χ1v) is 8.01. The Hall–Kier alpha value is -2.83. The van der Waals surface area contributed by atoms with E-state index in [0.717, 1.165) is 0 Å². The number of nitrogens with one attached hydrogen (secondary N) is 1. The highest BCUT2D eigenvalue weighted by molar-refractivity contribution is 5.96. The van der Waals surface area contributed by atoms with Crippen LogP contribution in [0.1, 0.15) is 40.4 Å². The second-order valence-corrected chi connectivity index (χ2v) is 5.78. The Morgan fingerprint density at radius 1 is 1.00 bits per heavy atom. The summed E-state index contributed by atoms with van der Waals surface area (Å²) < 4.78 is 37.1. The van der Waals surface area contributed by atoms with Gasteiger partial charge in [-0.25, -0.2) is 4.79 Å². The lowest BCUT2D eigenvalue weighted by atomic mass is 9.96. The number of hydrogen-bond acceptors (Lipinski definition) is 2. The summed E-state index contributed by atoms with van der Waals surface area (Å²) in [6.07, 6.45) is -5.29. The number of aliphatic carboxylic acids is 1. The fourth-order valence-electron chi connectivity index (χ4n) is 2.60. The van der Waals surface area contributed by atoms with Crippen molar-refractivity contribution < 1.29 is 27.9 Å². The molecule has 2 N–H and O–H groups in total. The lowest BCUT2D eigenvalue weighted by Crippen LogP contribution is -2.34. The Morgan fingerprint density at radius 2 is 1.62 bits per heavy atom. The molecule has 2 aromatic carbocycles. The highest BCUT2D eigenvalue weighted by Gasteiger charge is 2.28. The average Bonchev–Trinajstić information content (AvgIpc) is 2.59. The number of alkyl halides is 3. The van der Waals surface area contributed by atoms with Gasteiger partial charge in [0.05, 0.1) is 0 Å². The van der Waals surface area contributed by atoms with Crippen molar-refractivity contribution in [3.8, 4) is 0 Å². The van der Waals surface area contributed by atoms with Crippen LogP contribution in [0.15, 0.2) is 54.6 Å². The van der Waals surface area contributed by atoms with Crippen LogP contribution in [-0.2, 0) is 11.2 Å². The quantitative estimate of drug-likeness (QED) is 0.775. The molecule has 7 heteroatoms. The van der Waals surface area contributed by atoms with Crippen LogP contribution < -0.4 is 5.32 Å². The minimum absolute atomic E-state index is 0.0701. The maximum Gasteiger partial charge on any atom is 0.389 e. The van der Waals surface area contributed by atoms with Gasteiger partial charge in [0.15, 0.2) is 6.04 Å². The molecule has 2 aromatic rings. The number of carboxylic acids is 1. The standard InChI is InChI=1S/C19H18F3NO3/c20-19(21,22)12-6-10-13-7-4-5-11-15(13)16(18(25)26)23-17(24)14-8-2-1-3-9-14/h1-5,7-9,11,16H,6,10,12H2,(H,23,24)(H,25,26). The van der Waals surface area contributed by atoms with Gasteiger partial charge in [0, 0.05) is 12.0 Å². The predicted octanol–water partition coefficient (Wildman–Crippen LogP) is 4.13. The molecule has 0 saturated heterocycles. The Morgan fingerprint density at radius 3 is 2.23 bits per heavy atom. The first-order chi connectivity index (χ1) is 12.3. The summed E-state index contributed by atoms with van der Waals surface area (Å²) in [7, 11) is 0. The van der Waals surface area contributed by atoms with E-state index in [-0.39, 0.29) is 18.4 Å². The van der Waals surface area contributed by atoms with Crippen LogP contribution in [-0.4, -0.2) is 23.2 Å². The Balaban J connectivity index is 2.19. The minimum atomic E-state index is -4.26. The zero-order valence-corrected chi connectivity index (χ0v) is 13.8. The van der Waals surface area contributed by atoms with Gasteiger partial charge in [-0.15, -0.1) is 0 Å². The third-order valence-electron chi connectivity index (χ3n) is 3.83. The zero-order chi connectivity index (χ0) is 19.2. The summed E-state index contributed by atoms with van der Waals surface area (Å²) in [5, 5.41) is 11.9. The zero-order valence-electron chi connectivity index (χ0n) is 13.8. The van der Waals surface area contributed by atoms with E-state index < -0.39 is 30.5 Å². The molecule has 26 heavy (non-hydrogen) atoms. The molecule has 1 unspecified atom stereocenters. The molecule has 2 rings (SSSR count). The number of carboxylic acid groups (broad SMARTS) is 1. The van der Waals surface area contributed by atoms with E-state index in [0.29, 0.717) is 11.1 Å². The summed E-state index contributed by atoms with van der Waals surface area (Å²) >= 11 is 0. The topological polar surface area (TPSA) is 66.4 Å². The highest BCUT2D eigenvalue weighted by Crippen LogP contribution is 2.25. The van der Waals surface area contributed by atoms with E-state index in [2.05, 4.69) is 5.32 Å². The average molecular weight is 365 g/mol. The summed E-state index contributed by atoms with van der Waals surface area (Å²) in [5.74, 6) is -1.85. The van der Waals surface area contributed by atoms with Gasteiger partial charge in [-0.2, -0.15) is 13.2 Å². The molecular weight excluding hydrogens is 347 g/mol. The van der Waals surface area contributed by atoms with E-state index in [1.807, 2.05) is 0 Å². The number of carbonyl (C=O) groups excluding carboxylic acids is 1. The predicted molar refractivity (Wildman–Crippen MR) is 89.7 cm³/mol. The van der Waals surface area contributed by atoms with Crippen LogP contribution >= 0.6 is 0 Å². The number of aryl methyl sites for hydroxylation is 1. The number of halogens is 3. The molecule has 0 saturated carbocycles. The molecule has 0 bridgehead atoms. The Labute approximate surface area is 148 Å². The van der Waals surface area contributed by atoms with Crippen molar-refractivity contribution in [2.45, 2.75) is 31.5 Å². The molecule has 0 spiro atoms. The maximum atomic E-state index is 12.4. The van der Waals surface area contributed by atoms with Crippen LogP contribution in [0.2, 0.25) is 0 Å². The monoisotopic (exact) mass is 365 g/mol. The molecule has 0 aromatic heterocycles. The summed E-state index contributed by atoms with van der Waals surface area (Å²) in [4.78, 5) is 23.9. The number of carbonyl (C=O) groups is 2. The number of rotatable bonds is 7. The van der Waals surface area contributed by atoms with Crippen LogP contribution in [0.4, 0.5) is 13.2 Å². The number of hydrogen-bond donors (Lipinski definition) is 2. The molecule has 0 fully saturated rings. The molecule has 0 aliphatic heterocycles. The third kappa shape index (κ3) is 5.61. The normalized spacial score (nSPS) is 12.4. The summed E-state index contributed by atoms with van der Waals surface area (Å²) in [5.41, 5.74) is 1.05. The molecule has 1 amide bonds. The van der Waals surface area contributed by atoms with Crippen LogP contribution in [0, 0.1) is 0 Å². The summed E-state index contributed by atoms with van der Waals surface area (Å²) in [6, 6.07) is 13.1. The van der Waals surface area contributed by atoms with Gasteiger partial charge in [0.1, 0.15) is 0 Å². The van der Waals surface area contributed by atoms with Gasteiger partial charge in [-0.3, -0.25) is 4.79 Å². The van der Waals surface area contributed by atoms with Crippen LogP contribution in [0.3, 0.4) is 0 Å². The Kier molecular flexibility index (Phi) is 6.38. The lowest BCUT2D eigenvalue weighted by Gasteiger charge is -2.19. The Bertz CT molecular complexity index is 760. The molecule has 0 radical (unpaired) electrons. The minimum Gasteiger partial charge on any atom is -0.479 e. The fourth-order valence-corrected chi connectivity index (χ4v) is 2.60. The van der Waals surface area contributed by atoms with Crippen molar-refractivity contribution >= 4 is 11.9 Å². The smallest absolute Gasteiger partial charge is 0.389 e. The number of benzene rings is 2. The second kappa shape index (κ2) is 8.51. The van der Waals surface area contributed by atoms with Gasteiger partial charge >= 0.3 is 12.1 Å². The van der Waals surface area contributed by atoms with Crippen molar-refractivity contribution in [3.05, 3.63) is 71.3 Å². The lowest BCUT2D eigenvalue weighted by molar-refractivity contribution is -0.139. The van der Waals surface area contributed by atoms with Gasteiger partial charge in [0.25, 0.3) is 5.91 Å². The van der Waals surface area contributed by atoms with Gasteiger partial charge < -0.3 is 10.4 Å². The molecular formula is C19H18F3NO3. The fraction of sp³-hybridized carbons (Fsp3) is 0.263. The highest BCUT2D eigenvalue weighted by atomic mass is 19.4. The van der Waals surface area contributed by atoms with Crippen molar-refractivity contribution in [2.24, 2.45) is 0 Å². The third-order valence-corrected chi connectivity index (χ3v) is 3.83. The molecule has 0 heterocycles. The maximum absolute atomic E-state index is 12.4. The van der Waals surface area contributed by atoms with Gasteiger partial charge in [-0.1, -0.05) is 42.5 Å².